The van der Waals surface area contributed by atoms with E-state index in [2.05, 4.69) is 46.2 Å². The third kappa shape index (κ3) is 3.43. The summed E-state index contributed by atoms with van der Waals surface area (Å²) in [5, 5.41) is 9.20. The number of benzene rings is 4. The number of fused-ring (bicyclic) bond motifs is 2. The molecule has 2 heterocycles. The number of imidazole rings is 1. The van der Waals surface area contributed by atoms with Crippen molar-refractivity contribution in [2.24, 2.45) is 4.99 Å². The number of rotatable bonds is 3. The molecule has 0 saturated carbocycles. The lowest BCUT2D eigenvalue weighted by Crippen LogP contribution is -2.00. The summed E-state index contributed by atoms with van der Waals surface area (Å²) in [6.07, 6.45) is 0.761. The van der Waals surface area contributed by atoms with E-state index in [0.29, 0.717) is 11.3 Å². The maximum Gasteiger partial charge on any atom is 0.187 e. The highest BCUT2D eigenvalue weighted by atomic mass is 14.9. The Bertz CT molecular complexity index is 1710. The van der Waals surface area contributed by atoms with Crippen molar-refractivity contribution in [1.29, 1.82) is 5.26 Å². The Hall–Kier alpha value is -5.00. The molecule has 0 saturated heterocycles. The Balaban J connectivity index is 1.34. The van der Waals surface area contributed by atoms with Gasteiger partial charge in [0.2, 0.25) is 0 Å². The van der Waals surface area contributed by atoms with E-state index in [-0.39, 0.29) is 0 Å². The highest BCUT2D eigenvalue weighted by Crippen LogP contribution is 2.34. The molecular formula is C29H17N5. The summed E-state index contributed by atoms with van der Waals surface area (Å²) in [6.45, 7) is 7.24. The molecule has 0 amide bonds. The van der Waals surface area contributed by atoms with E-state index in [0.717, 1.165) is 56.9 Å². The Morgan fingerprint density at radius 2 is 1.68 bits per heavy atom. The summed E-state index contributed by atoms with van der Waals surface area (Å²) >= 11 is 0. The Labute approximate surface area is 196 Å². The zero-order valence-electron chi connectivity index (χ0n) is 18.1. The molecule has 158 valence electrons. The summed E-state index contributed by atoms with van der Waals surface area (Å²) in [5.74, 6) is 0.750. The second-order valence-corrected chi connectivity index (χ2v) is 8.25. The van der Waals surface area contributed by atoms with E-state index >= 15 is 0 Å². The van der Waals surface area contributed by atoms with E-state index in [1.165, 1.54) is 5.56 Å². The van der Waals surface area contributed by atoms with Gasteiger partial charge in [0.15, 0.2) is 5.69 Å². The van der Waals surface area contributed by atoms with E-state index in [1.54, 1.807) is 6.07 Å². The van der Waals surface area contributed by atoms with Gasteiger partial charge in [-0.15, -0.1) is 0 Å². The monoisotopic (exact) mass is 435 g/mol. The minimum absolute atomic E-state index is 0.594. The van der Waals surface area contributed by atoms with Crippen molar-refractivity contribution in [1.82, 2.24) is 9.97 Å². The second kappa shape index (κ2) is 7.85. The lowest BCUT2D eigenvalue weighted by Gasteiger charge is -2.04. The normalized spacial score (nSPS) is 12.1. The van der Waals surface area contributed by atoms with Crippen molar-refractivity contribution in [2.45, 2.75) is 6.42 Å². The first-order valence-electron chi connectivity index (χ1n) is 10.9. The third-order valence-corrected chi connectivity index (χ3v) is 6.09. The fraction of sp³-hybridized carbons (Fsp3) is 0.0345. The van der Waals surface area contributed by atoms with Crippen LogP contribution in [-0.2, 0) is 6.42 Å². The lowest BCUT2D eigenvalue weighted by atomic mass is 9.99. The molecule has 6 rings (SSSR count). The molecular weight excluding hydrogens is 418 g/mol. The minimum Gasteiger partial charge on any atom is -0.338 e. The van der Waals surface area contributed by atoms with Crippen molar-refractivity contribution < 1.29 is 0 Å². The second-order valence-electron chi connectivity index (χ2n) is 8.25. The molecule has 1 aromatic heterocycles. The van der Waals surface area contributed by atoms with Crippen LogP contribution in [0.3, 0.4) is 0 Å². The number of nitrogens with one attached hydrogen (secondary N) is 1. The summed E-state index contributed by atoms with van der Waals surface area (Å²) in [4.78, 5) is 16.5. The zero-order chi connectivity index (χ0) is 23.1. The number of nitriles is 1. The largest absolute Gasteiger partial charge is 0.338 e. The van der Waals surface area contributed by atoms with Crippen molar-refractivity contribution in [3.8, 4) is 28.6 Å². The van der Waals surface area contributed by atoms with E-state index in [9.17, 15) is 5.26 Å². The molecule has 0 unspecified atom stereocenters. The van der Waals surface area contributed by atoms with Gasteiger partial charge in [-0.05, 0) is 58.7 Å². The minimum atomic E-state index is 0.594. The highest BCUT2D eigenvalue weighted by molar-refractivity contribution is 6.07. The van der Waals surface area contributed by atoms with Crippen molar-refractivity contribution in [3.63, 3.8) is 0 Å². The molecule has 0 spiro atoms. The van der Waals surface area contributed by atoms with Crippen LogP contribution in [-0.4, -0.2) is 15.7 Å². The van der Waals surface area contributed by atoms with Gasteiger partial charge in [-0.3, -0.25) is 4.99 Å². The summed E-state index contributed by atoms with van der Waals surface area (Å²) in [7, 11) is 0. The standard InChI is InChI=1S/C29H17N5/c1-31-24-7-3-6-23(13-24)29-33-25-11-10-20(15-28(25)34-29)19-8-9-22-16-27(32-26(22)14-19)21-5-2-4-18(12-21)17-30/h2-15H,16H2,(H,33,34). The predicted octanol–water partition coefficient (Wildman–Crippen LogP) is 7.00. The summed E-state index contributed by atoms with van der Waals surface area (Å²) in [5.41, 5.74) is 10.3. The van der Waals surface area contributed by atoms with Gasteiger partial charge in [0.05, 0.1) is 40.6 Å². The molecule has 4 aromatic carbocycles. The van der Waals surface area contributed by atoms with Gasteiger partial charge < -0.3 is 4.98 Å². The van der Waals surface area contributed by atoms with Crippen LogP contribution in [0.4, 0.5) is 11.4 Å². The van der Waals surface area contributed by atoms with Crippen molar-refractivity contribution in [2.75, 3.05) is 0 Å². The van der Waals surface area contributed by atoms with Crippen LogP contribution in [0.1, 0.15) is 16.7 Å². The van der Waals surface area contributed by atoms with Crippen LogP contribution < -0.4 is 0 Å². The molecule has 1 N–H and O–H groups in total. The van der Waals surface area contributed by atoms with Gasteiger partial charge in [-0.2, -0.15) is 5.26 Å². The summed E-state index contributed by atoms with van der Waals surface area (Å²) < 4.78 is 0. The van der Waals surface area contributed by atoms with Gasteiger partial charge in [-0.1, -0.05) is 48.5 Å². The lowest BCUT2D eigenvalue weighted by molar-refractivity contribution is 1.34. The highest BCUT2D eigenvalue weighted by Gasteiger charge is 2.17. The molecule has 0 fully saturated rings. The quantitative estimate of drug-likeness (QED) is 0.310. The van der Waals surface area contributed by atoms with Crippen LogP contribution in [0.2, 0.25) is 0 Å². The molecule has 5 nitrogen and oxygen atoms in total. The van der Waals surface area contributed by atoms with Gasteiger partial charge in [-0.25, -0.2) is 9.83 Å². The third-order valence-electron chi connectivity index (χ3n) is 6.09. The molecule has 34 heavy (non-hydrogen) atoms. The molecule has 5 aromatic rings. The van der Waals surface area contributed by atoms with E-state index in [4.69, 9.17) is 16.5 Å². The molecule has 1 aliphatic heterocycles. The Morgan fingerprint density at radius 3 is 2.56 bits per heavy atom. The van der Waals surface area contributed by atoms with Gasteiger partial charge >= 0.3 is 0 Å². The van der Waals surface area contributed by atoms with Crippen LogP contribution in [0.15, 0.2) is 89.9 Å². The molecule has 0 aliphatic carbocycles. The Kier molecular flexibility index (Phi) is 4.54. The van der Waals surface area contributed by atoms with Crippen LogP contribution in [0, 0.1) is 17.9 Å². The number of hydrogen-bond donors (Lipinski definition) is 1. The van der Waals surface area contributed by atoms with Gasteiger partial charge in [0.1, 0.15) is 5.82 Å². The van der Waals surface area contributed by atoms with Crippen LogP contribution in [0.5, 0.6) is 0 Å². The SMILES string of the molecule is [C-]#[N+]c1cccc(-c2nc3ccc(-c4ccc5c(c4)N=C(c4cccc(C#N)c4)C5)cc3[nH]2)c1. The molecule has 0 radical (unpaired) electrons. The first-order chi connectivity index (χ1) is 16.7. The predicted molar refractivity (Wildman–Crippen MR) is 134 cm³/mol. The molecule has 0 atom stereocenters. The maximum absolute atomic E-state index is 9.20. The first kappa shape index (κ1) is 19.7. The fourth-order valence-electron chi connectivity index (χ4n) is 4.35. The molecule has 5 heteroatoms. The van der Waals surface area contributed by atoms with Crippen LogP contribution >= 0.6 is 0 Å². The van der Waals surface area contributed by atoms with E-state index < -0.39 is 0 Å². The number of hydrogen-bond acceptors (Lipinski definition) is 3. The van der Waals surface area contributed by atoms with Gasteiger partial charge in [0.25, 0.3) is 0 Å². The number of nitrogens with zero attached hydrogens (tertiary/aromatic N) is 4. The number of aliphatic imine (C=N–C) groups is 1. The topological polar surface area (TPSA) is 69.2 Å². The number of H-pyrrole nitrogens is 1. The van der Waals surface area contributed by atoms with Crippen LogP contribution in [0.25, 0.3) is 38.4 Å². The Morgan fingerprint density at radius 1 is 0.853 bits per heavy atom. The average Bonchev–Trinajstić information content (AvgIpc) is 3.52. The smallest absolute Gasteiger partial charge is 0.187 e. The first-order valence-corrected chi connectivity index (χ1v) is 10.9. The van der Waals surface area contributed by atoms with Crippen molar-refractivity contribution >= 4 is 28.1 Å². The van der Waals surface area contributed by atoms with Gasteiger partial charge in [0, 0.05) is 12.0 Å². The van der Waals surface area contributed by atoms with E-state index in [1.807, 2.05) is 48.5 Å². The number of aromatic nitrogens is 2. The maximum atomic E-state index is 9.20. The summed E-state index contributed by atoms with van der Waals surface area (Å²) in [6, 6.07) is 29.8. The zero-order valence-corrected chi connectivity index (χ0v) is 18.1. The van der Waals surface area contributed by atoms with Crippen molar-refractivity contribution in [3.05, 3.63) is 113 Å². The fourth-order valence-corrected chi connectivity index (χ4v) is 4.35. The molecule has 0 bridgehead atoms. The number of aromatic amines is 1. The molecule has 1 aliphatic rings. The average molecular weight is 435 g/mol.